The van der Waals surface area contributed by atoms with Crippen LogP contribution in [-0.2, 0) is 21.2 Å². The number of rotatable bonds is 6. The van der Waals surface area contributed by atoms with Crippen molar-refractivity contribution in [3.05, 3.63) is 59.2 Å². The van der Waals surface area contributed by atoms with Crippen LogP contribution in [0.2, 0.25) is 0 Å². The average Bonchev–Trinajstić information content (AvgIpc) is 2.59. The number of hydrogen-bond donors (Lipinski definition) is 1. The number of nitrogens with one attached hydrogen (secondary N) is 1. The number of amides is 1. The predicted molar refractivity (Wildman–Crippen MR) is 107 cm³/mol. The molecule has 6 nitrogen and oxygen atoms in total. The highest BCUT2D eigenvalue weighted by Crippen LogP contribution is 2.24. The Kier molecular flexibility index (Phi) is 6.24. The van der Waals surface area contributed by atoms with E-state index in [0.29, 0.717) is 17.8 Å². The van der Waals surface area contributed by atoms with Crippen LogP contribution in [0.1, 0.15) is 23.6 Å². The van der Waals surface area contributed by atoms with Crippen LogP contribution < -0.4 is 9.62 Å². The SMILES string of the molecule is Cc1ccc(N([C@@H](C)C(=O)Nc2ccc(CC#N)cc2)S(C)(=O)=O)cc1C. The highest BCUT2D eigenvalue weighted by Gasteiger charge is 2.29. The number of sulfonamides is 1. The Morgan fingerprint density at radius 1 is 1.15 bits per heavy atom. The van der Waals surface area contributed by atoms with Crippen molar-refractivity contribution in [2.45, 2.75) is 33.2 Å². The summed E-state index contributed by atoms with van der Waals surface area (Å²) in [6.07, 6.45) is 1.38. The minimum absolute atomic E-state index is 0.291. The lowest BCUT2D eigenvalue weighted by atomic mass is 10.1. The number of anilines is 2. The summed E-state index contributed by atoms with van der Waals surface area (Å²) < 4.78 is 25.8. The summed E-state index contributed by atoms with van der Waals surface area (Å²) in [5.74, 6) is -0.438. The molecule has 142 valence electrons. The van der Waals surface area contributed by atoms with Gasteiger partial charge in [-0.1, -0.05) is 18.2 Å². The molecule has 0 fully saturated rings. The van der Waals surface area contributed by atoms with E-state index in [1.165, 1.54) is 0 Å². The Labute approximate surface area is 160 Å². The molecular weight excluding hydrogens is 362 g/mol. The molecule has 2 rings (SSSR count). The number of hydrogen-bond acceptors (Lipinski definition) is 4. The Morgan fingerprint density at radius 2 is 1.78 bits per heavy atom. The van der Waals surface area contributed by atoms with Gasteiger partial charge in [-0.15, -0.1) is 0 Å². The van der Waals surface area contributed by atoms with Gasteiger partial charge in [-0.05, 0) is 61.7 Å². The Hall–Kier alpha value is -2.85. The van der Waals surface area contributed by atoms with E-state index < -0.39 is 22.0 Å². The van der Waals surface area contributed by atoms with Crippen LogP contribution in [0.25, 0.3) is 0 Å². The first-order chi connectivity index (χ1) is 12.6. The van der Waals surface area contributed by atoms with E-state index >= 15 is 0 Å². The third-order valence-corrected chi connectivity index (χ3v) is 5.58. The van der Waals surface area contributed by atoms with Crippen molar-refractivity contribution in [3.8, 4) is 6.07 Å². The lowest BCUT2D eigenvalue weighted by Gasteiger charge is -2.28. The van der Waals surface area contributed by atoms with Gasteiger partial charge in [-0.3, -0.25) is 9.10 Å². The number of benzene rings is 2. The molecule has 0 aliphatic heterocycles. The number of nitrogens with zero attached hydrogens (tertiary/aromatic N) is 2. The first kappa shape index (κ1) is 20.5. The van der Waals surface area contributed by atoms with Gasteiger partial charge in [0.2, 0.25) is 15.9 Å². The number of carbonyl (C=O) groups is 1. The second-order valence-corrected chi connectivity index (χ2v) is 8.38. The molecule has 0 aliphatic rings. The normalized spacial score (nSPS) is 12.1. The second kappa shape index (κ2) is 8.23. The standard InChI is InChI=1S/C20H23N3O3S/c1-14-5-10-19(13-15(14)2)23(27(4,25)26)16(3)20(24)22-18-8-6-17(7-9-18)11-12-21/h5-10,13,16H,11H2,1-4H3,(H,22,24)/t16-/m0/s1. The van der Waals surface area contributed by atoms with Crippen LogP contribution in [0.5, 0.6) is 0 Å². The van der Waals surface area contributed by atoms with Gasteiger partial charge in [0.1, 0.15) is 6.04 Å². The Morgan fingerprint density at radius 3 is 2.30 bits per heavy atom. The fraction of sp³-hybridized carbons (Fsp3) is 0.300. The van der Waals surface area contributed by atoms with E-state index in [1.807, 2.05) is 19.9 Å². The van der Waals surface area contributed by atoms with Gasteiger partial charge in [0.25, 0.3) is 0 Å². The van der Waals surface area contributed by atoms with Gasteiger partial charge in [0.15, 0.2) is 0 Å². The minimum atomic E-state index is -3.66. The molecule has 0 heterocycles. The summed E-state index contributed by atoms with van der Waals surface area (Å²) in [6.45, 7) is 5.39. The maximum atomic E-state index is 12.7. The number of carbonyl (C=O) groups excluding carboxylic acids is 1. The molecule has 7 heteroatoms. The molecule has 27 heavy (non-hydrogen) atoms. The molecule has 0 unspecified atom stereocenters. The maximum absolute atomic E-state index is 12.7. The van der Waals surface area contributed by atoms with Gasteiger partial charge >= 0.3 is 0 Å². The van der Waals surface area contributed by atoms with E-state index in [-0.39, 0.29) is 0 Å². The zero-order chi connectivity index (χ0) is 20.2. The van der Waals surface area contributed by atoms with Gasteiger partial charge in [-0.2, -0.15) is 5.26 Å². The largest absolute Gasteiger partial charge is 0.324 e. The summed E-state index contributed by atoms with van der Waals surface area (Å²) in [6, 6.07) is 13.3. The third-order valence-electron chi connectivity index (χ3n) is 4.34. The fourth-order valence-electron chi connectivity index (χ4n) is 2.72. The molecule has 1 N–H and O–H groups in total. The van der Waals surface area contributed by atoms with Crippen LogP contribution in [0.15, 0.2) is 42.5 Å². The molecule has 2 aromatic carbocycles. The van der Waals surface area contributed by atoms with Gasteiger partial charge in [-0.25, -0.2) is 8.42 Å². The van der Waals surface area contributed by atoms with Crippen LogP contribution in [0, 0.1) is 25.2 Å². The quantitative estimate of drug-likeness (QED) is 0.827. The first-order valence-corrected chi connectivity index (χ1v) is 10.3. The first-order valence-electron chi connectivity index (χ1n) is 8.47. The van der Waals surface area contributed by atoms with Crippen LogP contribution in [0.3, 0.4) is 0 Å². The van der Waals surface area contributed by atoms with E-state index in [1.54, 1.807) is 43.3 Å². The highest BCUT2D eigenvalue weighted by atomic mass is 32.2. The molecule has 0 bridgehead atoms. The summed E-state index contributed by atoms with van der Waals surface area (Å²) in [4.78, 5) is 12.7. The molecule has 0 aliphatic carbocycles. The van der Waals surface area contributed by atoms with E-state index in [0.717, 1.165) is 27.3 Å². The topological polar surface area (TPSA) is 90.3 Å². The molecule has 1 atom stereocenters. The summed E-state index contributed by atoms with van der Waals surface area (Å²) in [5, 5.41) is 11.4. The van der Waals surface area contributed by atoms with Crippen LogP contribution in [-0.4, -0.2) is 26.6 Å². The summed E-state index contributed by atoms with van der Waals surface area (Å²) in [5.41, 5.74) is 3.83. The maximum Gasteiger partial charge on any atom is 0.247 e. The molecule has 0 saturated heterocycles. The number of aryl methyl sites for hydroxylation is 2. The number of nitriles is 1. The van der Waals surface area contributed by atoms with Crippen LogP contribution in [0.4, 0.5) is 11.4 Å². The fourth-order valence-corrected chi connectivity index (χ4v) is 3.88. The van der Waals surface area contributed by atoms with Crippen molar-refractivity contribution in [2.75, 3.05) is 15.9 Å². The lowest BCUT2D eigenvalue weighted by Crippen LogP contribution is -2.45. The van der Waals surface area contributed by atoms with Gasteiger partial charge in [0, 0.05) is 5.69 Å². The molecule has 2 aromatic rings. The third kappa shape index (κ3) is 5.08. The van der Waals surface area contributed by atoms with Crippen molar-refractivity contribution in [2.24, 2.45) is 0 Å². The summed E-state index contributed by atoms with van der Waals surface area (Å²) in [7, 11) is -3.66. The van der Waals surface area contributed by atoms with Crippen molar-refractivity contribution in [3.63, 3.8) is 0 Å². The van der Waals surface area contributed by atoms with Crippen molar-refractivity contribution in [1.82, 2.24) is 0 Å². The minimum Gasteiger partial charge on any atom is -0.324 e. The van der Waals surface area contributed by atoms with Crippen molar-refractivity contribution in [1.29, 1.82) is 5.26 Å². The second-order valence-electron chi connectivity index (χ2n) is 6.52. The molecule has 0 spiro atoms. The average molecular weight is 385 g/mol. The zero-order valence-electron chi connectivity index (χ0n) is 15.9. The molecule has 0 saturated carbocycles. The highest BCUT2D eigenvalue weighted by molar-refractivity contribution is 7.92. The van der Waals surface area contributed by atoms with E-state index in [2.05, 4.69) is 11.4 Å². The predicted octanol–water partition coefficient (Wildman–Crippen LogP) is 3.16. The van der Waals surface area contributed by atoms with E-state index in [9.17, 15) is 13.2 Å². The van der Waals surface area contributed by atoms with Gasteiger partial charge < -0.3 is 5.32 Å². The molecule has 0 radical (unpaired) electrons. The van der Waals surface area contributed by atoms with Crippen molar-refractivity contribution < 1.29 is 13.2 Å². The van der Waals surface area contributed by atoms with Crippen molar-refractivity contribution >= 4 is 27.3 Å². The molecule has 1 amide bonds. The van der Waals surface area contributed by atoms with Crippen LogP contribution >= 0.6 is 0 Å². The molecular formula is C20H23N3O3S. The smallest absolute Gasteiger partial charge is 0.247 e. The zero-order valence-corrected chi connectivity index (χ0v) is 16.7. The monoisotopic (exact) mass is 385 g/mol. The van der Waals surface area contributed by atoms with Gasteiger partial charge in [0.05, 0.1) is 24.4 Å². The van der Waals surface area contributed by atoms with E-state index in [4.69, 9.17) is 5.26 Å². The Balaban J connectivity index is 2.26. The Bertz CT molecular complexity index is 977. The molecule has 0 aromatic heterocycles. The lowest BCUT2D eigenvalue weighted by molar-refractivity contribution is -0.116. The summed E-state index contributed by atoms with van der Waals surface area (Å²) >= 11 is 0.